The summed E-state index contributed by atoms with van der Waals surface area (Å²) in [4.78, 5) is 27.3. The molecule has 0 spiro atoms. The normalized spacial score (nSPS) is 14.0. The molecule has 158 valence electrons. The van der Waals surface area contributed by atoms with Crippen LogP contribution in [0.5, 0.6) is 5.75 Å². The minimum atomic E-state index is -0.560. The SMILES string of the molecule is COCCN1COc2ccc3c(-c4cc5cc(Cl)ccc5oc4=O)cc(=O)oc3c2C1. The van der Waals surface area contributed by atoms with Gasteiger partial charge >= 0.3 is 11.3 Å². The molecule has 2 aromatic carbocycles. The van der Waals surface area contributed by atoms with Crippen molar-refractivity contribution in [3.63, 3.8) is 0 Å². The van der Waals surface area contributed by atoms with Crippen LogP contribution in [0.1, 0.15) is 5.56 Å². The molecule has 7 nitrogen and oxygen atoms in total. The van der Waals surface area contributed by atoms with E-state index in [1.807, 2.05) is 11.0 Å². The molecule has 5 rings (SSSR count). The molecular weight excluding hydrogens is 422 g/mol. The molecule has 0 radical (unpaired) electrons. The van der Waals surface area contributed by atoms with Gasteiger partial charge in [0.05, 0.1) is 17.7 Å². The molecule has 2 aromatic heterocycles. The predicted octanol–water partition coefficient (Wildman–Crippen LogP) is 4.02. The van der Waals surface area contributed by atoms with Crippen molar-refractivity contribution < 1.29 is 18.3 Å². The van der Waals surface area contributed by atoms with E-state index in [1.165, 1.54) is 6.07 Å². The average Bonchev–Trinajstić information content (AvgIpc) is 2.76. The number of nitrogens with zero attached hydrogens (tertiary/aromatic N) is 1. The monoisotopic (exact) mass is 439 g/mol. The summed E-state index contributed by atoms with van der Waals surface area (Å²) in [6.45, 7) is 2.18. The van der Waals surface area contributed by atoms with E-state index < -0.39 is 11.3 Å². The second-order valence-corrected chi connectivity index (χ2v) is 7.78. The number of hydrogen-bond acceptors (Lipinski definition) is 7. The van der Waals surface area contributed by atoms with Gasteiger partial charge in [-0.3, -0.25) is 4.90 Å². The van der Waals surface area contributed by atoms with Crippen molar-refractivity contribution in [1.29, 1.82) is 0 Å². The molecule has 4 aromatic rings. The number of benzene rings is 2. The molecule has 3 heterocycles. The van der Waals surface area contributed by atoms with Crippen molar-refractivity contribution in [3.8, 4) is 16.9 Å². The third-order valence-electron chi connectivity index (χ3n) is 5.35. The van der Waals surface area contributed by atoms with Crippen LogP contribution in [-0.2, 0) is 11.3 Å². The van der Waals surface area contributed by atoms with Gasteiger partial charge in [-0.2, -0.15) is 0 Å². The first-order valence-corrected chi connectivity index (χ1v) is 10.1. The van der Waals surface area contributed by atoms with Gasteiger partial charge in [0, 0.05) is 47.6 Å². The molecule has 0 N–H and O–H groups in total. The molecule has 0 unspecified atom stereocenters. The average molecular weight is 440 g/mol. The zero-order chi connectivity index (χ0) is 21.5. The number of fused-ring (bicyclic) bond motifs is 4. The van der Waals surface area contributed by atoms with E-state index in [1.54, 1.807) is 37.4 Å². The molecule has 1 aliphatic rings. The lowest BCUT2D eigenvalue weighted by Crippen LogP contribution is -2.34. The van der Waals surface area contributed by atoms with E-state index in [9.17, 15) is 9.59 Å². The van der Waals surface area contributed by atoms with Crippen LogP contribution in [0, 0.1) is 0 Å². The van der Waals surface area contributed by atoms with Crippen molar-refractivity contribution >= 4 is 33.5 Å². The van der Waals surface area contributed by atoms with Gasteiger partial charge in [-0.1, -0.05) is 11.6 Å². The zero-order valence-electron chi connectivity index (χ0n) is 16.6. The Balaban J connectivity index is 1.71. The van der Waals surface area contributed by atoms with Gasteiger partial charge in [0.1, 0.15) is 23.6 Å². The van der Waals surface area contributed by atoms with Crippen LogP contribution in [0.3, 0.4) is 0 Å². The number of hydrogen-bond donors (Lipinski definition) is 0. The molecule has 0 aliphatic carbocycles. The Morgan fingerprint density at radius 1 is 1.06 bits per heavy atom. The maximum Gasteiger partial charge on any atom is 0.344 e. The molecule has 1 aliphatic heterocycles. The molecular formula is C23H18ClNO6. The number of rotatable bonds is 4. The van der Waals surface area contributed by atoms with E-state index in [-0.39, 0.29) is 5.56 Å². The van der Waals surface area contributed by atoms with Crippen molar-refractivity contribution in [2.75, 3.05) is 27.0 Å². The van der Waals surface area contributed by atoms with Gasteiger partial charge in [-0.15, -0.1) is 0 Å². The van der Waals surface area contributed by atoms with Gasteiger partial charge in [-0.25, -0.2) is 9.59 Å². The predicted molar refractivity (Wildman–Crippen MR) is 117 cm³/mol. The highest BCUT2D eigenvalue weighted by molar-refractivity contribution is 6.31. The molecule has 0 saturated heterocycles. The summed E-state index contributed by atoms with van der Waals surface area (Å²) in [6, 6.07) is 11.6. The quantitative estimate of drug-likeness (QED) is 0.444. The lowest BCUT2D eigenvalue weighted by Gasteiger charge is -2.29. The Morgan fingerprint density at radius 2 is 1.94 bits per heavy atom. The summed E-state index contributed by atoms with van der Waals surface area (Å²) < 4.78 is 22.0. The Bertz CT molecular complexity index is 1420. The molecule has 0 bridgehead atoms. The highest BCUT2D eigenvalue weighted by Gasteiger charge is 2.23. The molecule has 0 atom stereocenters. The van der Waals surface area contributed by atoms with Crippen LogP contribution < -0.4 is 16.0 Å². The topological polar surface area (TPSA) is 82.1 Å². The Hall–Kier alpha value is -3.13. The van der Waals surface area contributed by atoms with Crippen LogP contribution in [0.15, 0.2) is 60.9 Å². The summed E-state index contributed by atoms with van der Waals surface area (Å²) in [5.74, 6) is 0.652. The first-order valence-electron chi connectivity index (χ1n) is 9.71. The van der Waals surface area contributed by atoms with E-state index in [2.05, 4.69) is 0 Å². The van der Waals surface area contributed by atoms with Gasteiger partial charge in [-0.05, 0) is 36.4 Å². The molecule has 31 heavy (non-hydrogen) atoms. The molecule has 8 heteroatoms. The zero-order valence-corrected chi connectivity index (χ0v) is 17.4. The lowest BCUT2D eigenvalue weighted by molar-refractivity contribution is 0.0658. The fraction of sp³-hybridized carbons (Fsp3) is 0.217. The maximum absolute atomic E-state index is 12.8. The minimum absolute atomic E-state index is 0.264. The highest BCUT2D eigenvalue weighted by atomic mass is 35.5. The van der Waals surface area contributed by atoms with Crippen molar-refractivity contribution in [1.82, 2.24) is 4.90 Å². The van der Waals surface area contributed by atoms with Crippen LogP contribution in [0.2, 0.25) is 5.02 Å². The maximum atomic E-state index is 12.8. The van der Waals surface area contributed by atoms with E-state index in [0.29, 0.717) is 64.7 Å². The second-order valence-electron chi connectivity index (χ2n) is 7.35. The summed E-state index contributed by atoms with van der Waals surface area (Å²) in [6.07, 6.45) is 0. The number of ether oxygens (including phenoxy) is 2. The lowest BCUT2D eigenvalue weighted by atomic mass is 9.99. The Kier molecular flexibility index (Phi) is 5.02. The van der Waals surface area contributed by atoms with Crippen molar-refractivity contribution in [2.24, 2.45) is 0 Å². The van der Waals surface area contributed by atoms with Gasteiger partial charge in [0.15, 0.2) is 0 Å². The first kappa shape index (κ1) is 19.8. The summed E-state index contributed by atoms with van der Waals surface area (Å²) in [7, 11) is 1.64. The number of methoxy groups -OCH3 is 1. The Labute approximate surface area is 181 Å². The van der Waals surface area contributed by atoms with Crippen LogP contribution in [-0.4, -0.2) is 31.9 Å². The standard InChI is InChI=1S/C23H18ClNO6/c1-28-7-6-25-11-18-20(29-12-25)5-3-15-16(10-21(26)31-22(15)18)17-9-13-8-14(24)2-4-19(13)30-23(17)27/h2-5,8-10H,6-7,11-12H2,1H3. The van der Waals surface area contributed by atoms with Gasteiger partial charge < -0.3 is 18.3 Å². The summed E-state index contributed by atoms with van der Waals surface area (Å²) >= 11 is 6.09. The van der Waals surface area contributed by atoms with Crippen LogP contribution in [0.4, 0.5) is 0 Å². The molecule has 0 saturated carbocycles. The Morgan fingerprint density at radius 3 is 2.77 bits per heavy atom. The summed E-state index contributed by atoms with van der Waals surface area (Å²) in [5.41, 5.74) is 1.18. The van der Waals surface area contributed by atoms with E-state index >= 15 is 0 Å². The summed E-state index contributed by atoms with van der Waals surface area (Å²) in [5, 5.41) is 1.81. The molecule has 0 fully saturated rings. The van der Waals surface area contributed by atoms with Crippen molar-refractivity contribution in [2.45, 2.75) is 6.54 Å². The third kappa shape index (κ3) is 3.61. The van der Waals surface area contributed by atoms with E-state index in [4.69, 9.17) is 29.9 Å². The third-order valence-corrected chi connectivity index (χ3v) is 5.59. The number of halogens is 1. The molecule has 0 amide bonds. The first-order chi connectivity index (χ1) is 15.0. The van der Waals surface area contributed by atoms with Gasteiger partial charge in [0.25, 0.3) is 0 Å². The fourth-order valence-electron chi connectivity index (χ4n) is 3.85. The fourth-order valence-corrected chi connectivity index (χ4v) is 4.03. The van der Waals surface area contributed by atoms with Gasteiger partial charge in [0.2, 0.25) is 0 Å². The largest absolute Gasteiger partial charge is 0.478 e. The van der Waals surface area contributed by atoms with Crippen LogP contribution in [0.25, 0.3) is 33.1 Å². The second kappa shape index (κ2) is 7.85. The van der Waals surface area contributed by atoms with Crippen molar-refractivity contribution in [3.05, 3.63) is 73.9 Å². The van der Waals surface area contributed by atoms with Crippen LogP contribution >= 0.6 is 11.6 Å². The smallest absolute Gasteiger partial charge is 0.344 e. The minimum Gasteiger partial charge on any atom is -0.478 e. The van der Waals surface area contributed by atoms with E-state index in [0.717, 1.165) is 5.56 Å². The highest BCUT2D eigenvalue weighted by Crippen LogP contribution is 2.36.